The van der Waals surface area contributed by atoms with Gasteiger partial charge in [-0.05, 0) is 13.0 Å². The number of hydrogen-bond acceptors (Lipinski definition) is 4. The van der Waals surface area contributed by atoms with Gasteiger partial charge in [0.25, 0.3) is 0 Å². The summed E-state index contributed by atoms with van der Waals surface area (Å²) in [5.74, 6) is 0. The van der Waals surface area contributed by atoms with Gasteiger partial charge >= 0.3 is 0 Å². The quantitative estimate of drug-likeness (QED) is 0.771. The van der Waals surface area contributed by atoms with Crippen LogP contribution in [-0.2, 0) is 11.3 Å². The van der Waals surface area contributed by atoms with E-state index in [1.165, 1.54) is 6.42 Å². The van der Waals surface area contributed by atoms with E-state index in [1.54, 1.807) is 0 Å². The zero-order valence-corrected chi connectivity index (χ0v) is 11.2. The van der Waals surface area contributed by atoms with E-state index in [-0.39, 0.29) is 0 Å². The molecular weight excluding hydrogens is 228 g/mol. The minimum atomic E-state index is 0.529. The van der Waals surface area contributed by atoms with Gasteiger partial charge in [0.2, 0.25) is 0 Å². The molecule has 2 heterocycles. The van der Waals surface area contributed by atoms with Crippen LogP contribution in [0.2, 0.25) is 0 Å². The molecule has 1 atom stereocenters. The molecule has 0 amide bonds. The Kier molecular flexibility index (Phi) is 5.64. The van der Waals surface area contributed by atoms with Crippen molar-refractivity contribution in [3.05, 3.63) is 18.7 Å². The summed E-state index contributed by atoms with van der Waals surface area (Å²) in [4.78, 5) is 6.61. The van der Waals surface area contributed by atoms with E-state index >= 15 is 0 Å². The van der Waals surface area contributed by atoms with E-state index < -0.39 is 0 Å². The van der Waals surface area contributed by atoms with Crippen LogP contribution in [0.3, 0.4) is 0 Å². The minimum Gasteiger partial charge on any atom is -0.378 e. The predicted octanol–water partition coefficient (Wildman–Crippen LogP) is 0.583. The lowest BCUT2D eigenvalue weighted by Gasteiger charge is -2.35. The highest BCUT2D eigenvalue weighted by atomic mass is 16.5. The highest BCUT2D eigenvalue weighted by Crippen LogP contribution is 2.07. The number of ether oxygens (including phenoxy) is 1. The molecular formula is C13H24N4O. The number of nitrogens with one attached hydrogen (secondary N) is 1. The van der Waals surface area contributed by atoms with Gasteiger partial charge in [0.15, 0.2) is 0 Å². The standard InChI is InChI=1S/C13H24N4O/c1-2-14-10-13-11-18-9-8-17(13)6-3-5-16-7-4-15-12-16/h4,7,12-14H,2-3,5-6,8-11H2,1H3. The van der Waals surface area contributed by atoms with Crippen molar-refractivity contribution in [3.63, 3.8) is 0 Å². The second-order valence-electron chi connectivity index (χ2n) is 4.73. The number of imidazole rings is 1. The molecule has 1 N–H and O–H groups in total. The number of aryl methyl sites for hydroxylation is 1. The summed E-state index contributed by atoms with van der Waals surface area (Å²) < 4.78 is 7.70. The first-order chi connectivity index (χ1) is 8.90. The molecule has 1 aromatic rings. The number of morpholine rings is 1. The zero-order chi connectivity index (χ0) is 12.6. The lowest BCUT2D eigenvalue weighted by molar-refractivity contribution is -0.00742. The second-order valence-corrected chi connectivity index (χ2v) is 4.73. The second kappa shape index (κ2) is 7.51. The van der Waals surface area contributed by atoms with Gasteiger partial charge in [0.05, 0.1) is 19.5 Å². The molecule has 18 heavy (non-hydrogen) atoms. The number of likely N-dealkylation sites (N-methyl/N-ethyl adjacent to an activating group) is 1. The average Bonchev–Trinajstić information content (AvgIpc) is 2.91. The highest BCUT2D eigenvalue weighted by Gasteiger charge is 2.21. The van der Waals surface area contributed by atoms with Crippen molar-refractivity contribution in [3.8, 4) is 0 Å². The number of rotatable bonds is 7. The van der Waals surface area contributed by atoms with E-state index in [0.717, 1.165) is 45.9 Å². The maximum Gasteiger partial charge on any atom is 0.0945 e. The monoisotopic (exact) mass is 252 g/mol. The Hall–Kier alpha value is -0.910. The van der Waals surface area contributed by atoms with E-state index in [2.05, 4.69) is 26.7 Å². The number of aromatic nitrogens is 2. The third kappa shape index (κ3) is 4.08. The fourth-order valence-electron chi connectivity index (χ4n) is 2.36. The molecule has 1 unspecified atom stereocenters. The van der Waals surface area contributed by atoms with Gasteiger partial charge < -0.3 is 14.6 Å². The number of nitrogens with zero attached hydrogens (tertiary/aromatic N) is 3. The molecule has 1 aliphatic rings. The summed E-state index contributed by atoms with van der Waals surface area (Å²) in [6, 6.07) is 0.529. The van der Waals surface area contributed by atoms with Crippen molar-refractivity contribution in [2.24, 2.45) is 0 Å². The van der Waals surface area contributed by atoms with Crippen LogP contribution in [0.15, 0.2) is 18.7 Å². The van der Waals surface area contributed by atoms with Crippen molar-refractivity contribution >= 4 is 0 Å². The molecule has 2 rings (SSSR count). The van der Waals surface area contributed by atoms with Crippen LogP contribution in [0.4, 0.5) is 0 Å². The molecule has 0 aromatic carbocycles. The molecule has 0 bridgehead atoms. The van der Waals surface area contributed by atoms with Crippen LogP contribution >= 0.6 is 0 Å². The van der Waals surface area contributed by atoms with Gasteiger partial charge in [-0.3, -0.25) is 4.90 Å². The summed E-state index contributed by atoms with van der Waals surface area (Å²) in [6.07, 6.45) is 6.91. The molecule has 0 saturated carbocycles. The average molecular weight is 252 g/mol. The molecule has 0 spiro atoms. The van der Waals surface area contributed by atoms with Gasteiger partial charge in [-0.25, -0.2) is 4.98 Å². The molecule has 0 radical (unpaired) electrons. The smallest absolute Gasteiger partial charge is 0.0945 e. The van der Waals surface area contributed by atoms with Crippen molar-refractivity contribution in [2.75, 3.05) is 39.4 Å². The van der Waals surface area contributed by atoms with E-state index in [0.29, 0.717) is 6.04 Å². The van der Waals surface area contributed by atoms with Gasteiger partial charge in [0.1, 0.15) is 0 Å². The molecule has 0 aliphatic carbocycles. The number of hydrogen-bond donors (Lipinski definition) is 1. The molecule has 5 heteroatoms. The van der Waals surface area contributed by atoms with Gasteiger partial charge in [0, 0.05) is 44.6 Å². The normalized spacial score (nSPS) is 21.3. The first kappa shape index (κ1) is 13.5. The van der Waals surface area contributed by atoms with Crippen molar-refractivity contribution in [1.82, 2.24) is 19.8 Å². The largest absolute Gasteiger partial charge is 0.378 e. The zero-order valence-electron chi connectivity index (χ0n) is 11.2. The van der Waals surface area contributed by atoms with Crippen LogP contribution in [-0.4, -0.2) is 59.9 Å². The maximum absolute atomic E-state index is 5.56. The Morgan fingerprint density at radius 2 is 2.39 bits per heavy atom. The van der Waals surface area contributed by atoms with Crippen molar-refractivity contribution in [2.45, 2.75) is 25.9 Å². The maximum atomic E-state index is 5.56. The fourth-order valence-corrected chi connectivity index (χ4v) is 2.36. The Bertz CT molecular complexity index is 315. The lowest BCUT2D eigenvalue weighted by atomic mass is 10.2. The van der Waals surface area contributed by atoms with Crippen LogP contribution < -0.4 is 5.32 Å². The van der Waals surface area contributed by atoms with Gasteiger partial charge in [-0.15, -0.1) is 0 Å². The molecule has 5 nitrogen and oxygen atoms in total. The first-order valence-corrected chi connectivity index (χ1v) is 6.88. The SMILES string of the molecule is CCNCC1COCCN1CCCn1ccnc1. The topological polar surface area (TPSA) is 42.3 Å². The summed E-state index contributed by atoms with van der Waals surface area (Å²) in [5.41, 5.74) is 0. The van der Waals surface area contributed by atoms with E-state index in [1.807, 2.05) is 18.7 Å². The van der Waals surface area contributed by atoms with Gasteiger partial charge in [-0.1, -0.05) is 6.92 Å². The van der Waals surface area contributed by atoms with E-state index in [9.17, 15) is 0 Å². The predicted molar refractivity (Wildman–Crippen MR) is 71.6 cm³/mol. The third-order valence-electron chi connectivity index (χ3n) is 3.40. The summed E-state index contributed by atoms with van der Waals surface area (Å²) >= 11 is 0. The van der Waals surface area contributed by atoms with Crippen LogP contribution in [0, 0.1) is 0 Å². The molecule has 1 aliphatic heterocycles. The Labute approximate surface area is 109 Å². The van der Waals surface area contributed by atoms with Crippen LogP contribution in [0.25, 0.3) is 0 Å². The molecule has 1 saturated heterocycles. The molecule has 1 fully saturated rings. The lowest BCUT2D eigenvalue weighted by Crippen LogP contribution is -2.50. The highest BCUT2D eigenvalue weighted by molar-refractivity contribution is 4.78. The fraction of sp³-hybridized carbons (Fsp3) is 0.769. The molecule has 1 aromatic heterocycles. The van der Waals surface area contributed by atoms with Gasteiger partial charge in [-0.2, -0.15) is 0 Å². The molecule has 102 valence electrons. The summed E-state index contributed by atoms with van der Waals surface area (Å²) in [5, 5.41) is 3.42. The first-order valence-electron chi connectivity index (χ1n) is 6.88. The Balaban J connectivity index is 1.71. The Morgan fingerprint density at radius 1 is 1.44 bits per heavy atom. The van der Waals surface area contributed by atoms with E-state index in [4.69, 9.17) is 4.74 Å². The minimum absolute atomic E-state index is 0.529. The summed E-state index contributed by atoms with van der Waals surface area (Å²) in [6.45, 7) is 9.17. The van der Waals surface area contributed by atoms with Crippen molar-refractivity contribution in [1.29, 1.82) is 0 Å². The van der Waals surface area contributed by atoms with Crippen LogP contribution in [0.5, 0.6) is 0 Å². The third-order valence-corrected chi connectivity index (χ3v) is 3.40. The summed E-state index contributed by atoms with van der Waals surface area (Å²) in [7, 11) is 0. The van der Waals surface area contributed by atoms with Crippen molar-refractivity contribution < 1.29 is 4.74 Å². The Morgan fingerprint density at radius 3 is 3.17 bits per heavy atom. The van der Waals surface area contributed by atoms with Crippen LogP contribution in [0.1, 0.15) is 13.3 Å².